The predicted octanol–water partition coefficient (Wildman–Crippen LogP) is 4.71. The Balaban J connectivity index is 2.38. The zero-order valence-electron chi connectivity index (χ0n) is 13.6. The van der Waals surface area contributed by atoms with Gasteiger partial charge in [0.05, 0.1) is 5.69 Å². The van der Waals surface area contributed by atoms with Crippen LogP contribution in [-0.2, 0) is 6.42 Å². The fourth-order valence-corrected chi connectivity index (χ4v) is 2.90. The van der Waals surface area contributed by atoms with Crippen LogP contribution in [0.5, 0.6) is 0 Å². The molecule has 0 aliphatic carbocycles. The van der Waals surface area contributed by atoms with Crippen LogP contribution in [0.4, 0.5) is 14.6 Å². The smallest absolute Gasteiger partial charge is 0.159 e. The third kappa shape index (κ3) is 2.94. The molecule has 25 heavy (non-hydrogen) atoms. The Morgan fingerprint density at radius 3 is 2.36 bits per heavy atom. The van der Waals surface area contributed by atoms with Crippen LogP contribution in [0.15, 0.2) is 48.5 Å². The molecule has 1 aromatic heterocycles. The number of rotatable bonds is 3. The highest BCUT2D eigenvalue weighted by molar-refractivity contribution is 5.84. The third-order valence-electron chi connectivity index (χ3n) is 4.05. The molecule has 0 spiro atoms. The van der Waals surface area contributed by atoms with E-state index in [1.165, 1.54) is 6.07 Å². The van der Waals surface area contributed by atoms with Crippen molar-refractivity contribution in [2.45, 2.75) is 13.3 Å². The van der Waals surface area contributed by atoms with E-state index in [1.54, 1.807) is 0 Å². The van der Waals surface area contributed by atoms with Gasteiger partial charge in [0.1, 0.15) is 17.5 Å². The summed E-state index contributed by atoms with van der Waals surface area (Å²) in [5, 5.41) is 9.53. The zero-order chi connectivity index (χ0) is 18.0. The number of anilines is 1. The average molecular weight is 335 g/mol. The highest BCUT2D eigenvalue weighted by atomic mass is 19.2. The molecule has 2 N–H and O–H groups in total. The number of aromatic nitrogens is 1. The lowest BCUT2D eigenvalue weighted by Crippen LogP contribution is -2.05. The molecule has 1 heterocycles. The molecular formula is C20H15F2N3. The minimum Gasteiger partial charge on any atom is -0.383 e. The Morgan fingerprint density at radius 2 is 1.76 bits per heavy atom. The maximum atomic E-state index is 13.8. The van der Waals surface area contributed by atoms with Gasteiger partial charge in [-0.15, -0.1) is 0 Å². The summed E-state index contributed by atoms with van der Waals surface area (Å²) in [6, 6.07) is 15.0. The van der Waals surface area contributed by atoms with Crippen LogP contribution in [-0.4, -0.2) is 4.98 Å². The quantitative estimate of drug-likeness (QED) is 0.754. The first kappa shape index (κ1) is 16.6. The number of pyridine rings is 1. The summed E-state index contributed by atoms with van der Waals surface area (Å²) in [6.07, 6.45) is 0.556. The molecule has 3 aromatic rings. The van der Waals surface area contributed by atoms with Crippen LogP contribution in [0.3, 0.4) is 0 Å². The summed E-state index contributed by atoms with van der Waals surface area (Å²) in [4.78, 5) is 4.40. The first-order chi connectivity index (χ1) is 12.1. The summed E-state index contributed by atoms with van der Waals surface area (Å²) in [7, 11) is 0. The van der Waals surface area contributed by atoms with E-state index < -0.39 is 11.6 Å². The molecule has 0 aliphatic rings. The molecule has 5 heteroatoms. The van der Waals surface area contributed by atoms with Crippen molar-refractivity contribution in [3.05, 3.63) is 71.3 Å². The zero-order valence-corrected chi connectivity index (χ0v) is 13.6. The molecule has 0 aliphatic heterocycles. The summed E-state index contributed by atoms with van der Waals surface area (Å²) < 4.78 is 27.1. The summed E-state index contributed by atoms with van der Waals surface area (Å²) >= 11 is 0. The molecule has 0 saturated heterocycles. The van der Waals surface area contributed by atoms with E-state index in [1.807, 2.05) is 43.3 Å². The second-order valence-electron chi connectivity index (χ2n) is 5.53. The molecule has 3 nitrogen and oxygen atoms in total. The van der Waals surface area contributed by atoms with Gasteiger partial charge in [0.2, 0.25) is 0 Å². The number of hydrogen-bond donors (Lipinski definition) is 1. The number of nitrogens with two attached hydrogens (primary N) is 1. The second-order valence-corrected chi connectivity index (χ2v) is 5.53. The van der Waals surface area contributed by atoms with Gasteiger partial charge >= 0.3 is 0 Å². The standard InChI is InChI=1S/C20H15F2N3/c1-2-14-18(13-8-9-16(21)17(22)10-13)15(11-23)20(24)25-19(14)12-6-4-3-5-7-12/h3-10H,2H2,1H3,(H2,24,25). The lowest BCUT2D eigenvalue weighted by molar-refractivity contribution is 0.509. The van der Waals surface area contributed by atoms with Gasteiger partial charge in [-0.25, -0.2) is 13.8 Å². The van der Waals surface area contributed by atoms with Gasteiger partial charge in [-0.05, 0) is 29.7 Å². The van der Waals surface area contributed by atoms with Gasteiger partial charge < -0.3 is 5.73 Å². The monoisotopic (exact) mass is 335 g/mol. The van der Waals surface area contributed by atoms with Crippen molar-refractivity contribution in [3.8, 4) is 28.5 Å². The third-order valence-corrected chi connectivity index (χ3v) is 4.05. The molecule has 124 valence electrons. The second kappa shape index (κ2) is 6.70. The molecular weight excluding hydrogens is 320 g/mol. The normalized spacial score (nSPS) is 10.5. The fourth-order valence-electron chi connectivity index (χ4n) is 2.90. The van der Waals surface area contributed by atoms with E-state index >= 15 is 0 Å². The average Bonchev–Trinajstić information content (AvgIpc) is 2.63. The van der Waals surface area contributed by atoms with E-state index in [2.05, 4.69) is 4.98 Å². The lowest BCUT2D eigenvalue weighted by Gasteiger charge is -2.17. The Morgan fingerprint density at radius 1 is 1.04 bits per heavy atom. The molecule has 0 atom stereocenters. The summed E-state index contributed by atoms with van der Waals surface area (Å²) in [6.45, 7) is 1.92. The highest BCUT2D eigenvalue weighted by Crippen LogP contribution is 2.37. The molecule has 0 saturated carbocycles. The van der Waals surface area contributed by atoms with Crippen molar-refractivity contribution in [3.63, 3.8) is 0 Å². The van der Waals surface area contributed by atoms with Crippen LogP contribution >= 0.6 is 0 Å². The molecule has 2 aromatic carbocycles. The van der Waals surface area contributed by atoms with Crippen LogP contribution < -0.4 is 5.73 Å². The number of nitrogens with zero attached hydrogens (tertiary/aromatic N) is 2. The SMILES string of the molecule is CCc1c(-c2ccccc2)nc(N)c(C#N)c1-c1ccc(F)c(F)c1. The van der Waals surface area contributed by atoms with Crippen molar-refractivity contribution in [2.75, 3.05) is 5.73 Å². The van der Waals surface area contributed by atoms with Crippen molar-refractivity contribution in [1.82, 2.24) is 4.98 Å². The molecule has 0 fully saturated rings. The van der Waals surface area contributed by atoms with Crippen molar-refractivity contribution in [1.29, 1.82) is 5.26 Å². The molecule has 0 unspecified atom stereocenters. The Hall–Kier alpha value is -3.26. The largest absolute Gasteiger partial charge is 0.383 e. The topological polar surface area (TPSA) is 62.7 Å². The van der Waals surface area contributed by atoms with E-state index in [-0.39, 0.29) is 11.4 Å². The van der Waals surface area contributed by atoms with Gasteiger partial charge in [-0.2, -0.15) is 5.26 Å². The molecule has 0 radical (unpaired) electrons. The minimum absolute atomic E-state index is 0.0679. The molecule has 0 bridgehead atoms. The Kier molecular flexibility index (Phi) is 4.44. The summed E-state index contributed by atoms with van der Waals surface area (Å²) in [5.41, 5.74) is 9.32. The van der Waals surface area contributed by atoms with E-state index in [0.717, 1.165) is 23.3 Å². The van der Waals surface area contributed by atoms with Crippen LogP contribution in [0.2, 0.25) is 0 Å². The number of nitrogen functional groups attached to an aromatic ring is 1. The molecule has 0 amide bonds. The summed E-state index contributed by atoms with van der Waals surface area (Å²) in [5.74, 6) is -1.84. The number of benzene rings is 2. The van der Waals surface area contributed by atoms with Crippen molar-refractivity contribution in [2.24, 2.45) is 0 Å². The van der Waals surface area contributed by atoms with Crippen molar-refractivity contribution >= 4 is 5.82 Å². The number of hydrogen-bond acceptors (Lipinski definition) is 3. The van der Waals surface area contributed by atoms with Crippen LogP contribution in [0.1, 0.15) is 18.1 Å². The number of halogens is 2. The van der Waals surface area contributed by atoms with Crippen LogP contribution in [0, 0.1) is 23.0 Å². The maximum Gasteiger partial charge on any atom is 0.159 e. The number of nitriles is 1. The van der Waals surface area contributed by atoms with E-state index in [0.29, 0.717) is 23.2 Å². The minimum atomic E-state index is -0.972. The lowest BCUT2D eigenvalue weighted by atomic mass is 9.90. The van der Waals surface area contributed by atoms with Gasteiger partial charge in [-0.1, -0.05) is 43.3 Å². The molecule has 3 rings (SSSR count). The van der Waals surface area contributed by atoms with Gasteiger partial charge in [0.25, 0.3) is 0 Å². The Labute approximate surface area is 144 Å². The fraction of sp³-hybridized carbons (Fsp3) is 0.100. The van der Waals surface area contributed by atoms with Crippen molar-refractivity contribution < 1.29 is 8.78 Å². The van der Waals surface area contributed by atoms with E-state index in [4.69, 9.17) is 5.73 Å². The van der Waals surface area contributed by atoms with Gasteiger partial charge in [0, 0.05) is 11.1 Å². The van der Waals surface area contributed by atoms with Gasteiger partial charge in [-0.3, -0.25) is 0 Å². The highest BCUT2D eigenvalue weighted by Gasteiger charge is 2.20. The van der Waals surface area contributed by atoms with Gasteiger partial charge in [0.15, 0.2) is 11.6 Å². The maximum absolute atomic E-state index is 13.8. The first-order valence-electron chi connectivity index (χ1n) is 7.80. The Bertz CT molecular complexity index is 976. The predicted molar refractivity (Wildman–Crippen MR) is 93.5 cm³/mol. The first-order valence-corrected chi connectivity index (χ1v) is 7.80. The van der Waals surface area contributed by atoms with E-state index in [9.17, 15) is 14.0 Å². The van der Waals surface area contributed by atoms with Crippen LogP contribution in [0.25, 0.3) is 22.4 Å².